The van der Waals surface area contributed by atoms with Crippen molar-refractivity contribution >= 4 is 6.08 Å². The molecule has 1 fully saturated rings. The van der Waals surface area contributed by atoms with Gasteiger partial charge in [-0.15, -0.1) is 0 Å². The highest BCUT2D eigenvalue weighted by Crippen LogP contribution is 2.10. The van der Waals surface area contributed by atoms with Crippen LogP contribution in [0.4, 0.5) is 0 Å². The van der Waals surface area contributed by atoms with Crippen molar-refractivity contribution in [2.45, 2.75) is 12.8 Å². The first kappa shape index (κ1) is 17.2. The van der Waals surface area contributed by atoms with E-state index in [1.54, 1.807) is 0 Å². The maximum absolute atomic E-state index is 9.15. The SMILES string of the molecule is N#CCC[C@@H](C#N)CN1CCN(C/C=C/c2ccccc2)CC1. The minimum absolute atomic E-state index is 0.0147. The van der Waals surface area contributed by atoms with Crippen LogP contribution in [0.1, 0.15) is 18.4 Å². The summed E-state index contributed by atoms with van der Waals surface area (Å²) >= 11 is 0. The van der Waals surface area contributed by atoms with Gasteiger partial charge in [-0.1, -0.05) is 42.5 Å². The highest BCUT2D eigenvalue weighted by Gasteiger charge is 2.19. The average Bonchev–Trinajstić information content (AvgIpc) is 2.61. The Morgan fingerprint density at radius 2 is 1.74 bits per heavy atom. The summed E-state index contributed by atoms with van der Waals surface area (Å²) < 4.78 is 0. The predicted octanol–water partition coefficient (Wildman–Crippen LogP) is 2.76. The number of rotatable bonds is 7. The normalized spacial score (nSPS) is 17.7. The van der Waals surface area contributed by atoms with Crippen LogP contribution >= 0.6 is 0 Å². The van der Waals surface area contributed by atoms with Gasteiger partial charge in [-0.3, -0.25) is 9.80 Å². The maximum Gasteiger partial charge on any atom is 0.0669 e. The van der Waals surface area contributed by atoms with Crippen LogP contribution in [-0.2, 0) is 0 Å². The second-order valence-electron chi connectivity index (χ2n) is 5.94. The molecule has 0 bridgehead atoms. The molecule has 4 heteroatoms. The molecule has 1 heterocycles. The van der Waals surface area contributed by atoms with Crippen LogP contribution in [0.3, 0.4) is 0 Å². The van der Waals surface area contributed by atoms with Gasteiger partial charge in [0.2, 0.25) is 0 Å². The molecule has 120 valence electrons. The zero-order valence-corrected chi connectivity index (χ0v) is 13.6. The Labute approximate surface area is 139 Å². The van der Waals surface area contributed by atoms with Crippen LogP contribution in [-0.4, -0.2) is 49.1 Å². The fourth-order valence-electron chi connectivity index (χ4n) is 2.80. The van der Waals surface area contributed by atoms with Crippen molar-refractivity contribution in [3.8, 4) is 12.1 Å². The molecule has 0 amide bonds. The zero-order chi connectivity index (χ0) is 16.3. The van der Waals surface area contributed by atoms with Gasteiger partial charge in [0, 0.05) is 45.7 Å². The van der Waals surface area contributed by atoms with E-state index in [2.05, 4.69) is 58.4 Å². The van der Waals surface area contributed by atoms with Crippen molar-refractivity contribution in [2.24, 2.45) is 5.92 Å². The van der Waals surface area contributed by atoms with Crippen molar-refractivity contribution in [3.63, 3.8) is 0 Å². The zero-order valence-electron chi connectivity index (χ0n) is 13.6. The molecule has 0 N–H and O–H groups in total. The molecular weight excluding hydrogens is 284 g/mol. The van der Waals surface area contributed by atoms with Crippen molar-refractivity contribution < 1.29 is 0 Å². The van der Waals surface area contributed by atoms with E-state index >= 15 is 0 Å². The summed E-state index contributed by atoms with van der Waals surface area (Å²) in [4.78, 5) is 4.79. The molecule has 0 saturated carbocycles. The third-order valence-corrected chi connectivity index (χ3v) is 4.20. The highest BCUT2D eigenvalue weighted by molar-refractivity contribution is 5.48. The summed E-state index contributed by atoms with van der Waals surface area (Å²) in [6.45, 7) is 5.85. The maximum atomic E-state index is 9.15. The van der Waals surface area contributed by atoms with Crippen molar-refractivity contribution in [2.75, 3.05) is 39.3 Å². The fourth-order valence-corrected chi connectivity index (χ4v) is 2.80. The molecule has 1 aromatic carbocycles. The van der Waals surface area contributed by atoms with Gasteiger partial charge in [0.05, 0.1) is 18.1 Å². The lowest BCUT2D eigenvalue weighted by Crippen LogP contribution is -2.47. The summed E-state index contributed by atoms with van der Waals surface area (Å²) in [6, 6.07) is 14.8. The Kier molecular flexibility index (Phi) is 7.33. The standard InChI is InChI=1S/C19H24N4/c20-10-4-8-19(16-21)17-23-14-12-22(13-15-23)11-5-9-18-6-2-1-3-7-18/h1-3,5-7,9,19H,4,8,11-15,17H2/b9-5+/t19-/m0/s1. The number of hydrogen-bond acceptors (Lipinski definition) is 4. The van der Waals surface area contributed by atoms with Gasteiger partial charge in [0.15, 0.2) is 0 Å². The molecule has 23 heavy (non-hydrogen) atoms. The van der Waals surface area contributed by atoms with Crippen LogP contribution in [0.5, 0.6) is 0 Å². The first-order valence-corrected chi connectivity index (χ1v) is 8.24. The van der Waals surface area contributed by atoms with Crippen LogP contribution in [0, 0.1) is 28.6 Å². The van der Waals surface area contributed by atoms with Gasteiger partial charge in [0.25, 0.3) is 0 Å². The fraction of sp³-hybridized carbons (Fsp3) is 0.474. The predicted molar refractivity (Wildman–Crippen MR) is 92.3 cm³/mol. The highest BCUT2D eigenvalue weighted by atomic mass is 15.3. The number of nitriles is 2. The molecule has 0 radical (unpaired) electrons. The van der Waals surface area contributed by atoms with E-state index in [-0.39, 0.29) is 5.92 Å². The lowest BCUT2D eigenvalue weighted by Gasteiger charge is -2.34. The smallest absolute Gasteiger partial charge is 0.0669 e. The van der Waals surface area contributed by atoms with E-state index in [9.17, 15) is 0 Å². The first-order valence-electron chi connectivity index (χ1n) is 8.24. The molecule has 0 spiro atoms. The molecule has 0 aliphatic carbocycles. The molecule has 0 aromatic heterocycles. The van der Waals surface area contributed by atoms with Crippen LogP contribution in [0.25, 0.3) is 6.08 Å². The molecule has 1 atom stereocenters. The topological polar surface area (TPSA) is 54.1 Å². The monoisotopic (exact) mass is 308 g/mol. The van der Waals surface area contributed by atoms with Gasteiger partial charge >= 0.3 is 0 Å². The first-order chi connectivity index (χ1) is 11.3. The molecular formula is C19H24N4. The van der Waals surface area contributed by atoms with Gasteiger partial charge in [-0.2, -0.15) is 10.5 Å². The molecule has 4 nitrogen and oxygen atoms in total. The summed E-state index contributed by atoms with van der Waals surface area (Å²) in [5, 5.41) is 17.8. The molecule has 1 saturated heterocycles. The van der Waals surface area contributed by atoms with Gasteiger partial charge < -0.3 is 0 Å². The van der Waals surface area contributed by atoms with E-state index in [0.717, 1.165) is 39.3 Å². The average molecular weight is 308 g/mol. The van der Waals surface area contributed by atoms with Crippen LogP contribution in [0.2, 0.25) is 0 Å². The number of hydrogen-bond donors (Lipinski definition) is 0. The summed E-state index contributed by atoms with van der Waals surface area (Å²) in [6.07, 6.45) is 5.55. The van der Waals surface area contributed by atoms with Crippen LogP contribution in [0.15, 0.2) is 36.4 Å². The Morgan fingerprint density at radius 3 is 2.39 bits per heavy atom. The van der Waals surface area contributed by atoms with Crippen molar-refractivity contribution in [1.82, 2.24) is 9.80 Å². The number of benzene rings is 1. The number of nitrogens with zero attached hydrogens (tertiary/aromatic N) is 4. The second-order valence-corrected chi connectivity index (χ2v) is 5.94. The summed E-state index contributed by atoms with van der Waals surface area (Å²) in [5.41, 5.74) is 1.24. The Balaban J connectivity index is 1.69. The van der Waals surface area contributed by atoms with E-state index in [1.807, 2.05) is 6.07 Å². The van der Waals surface area contributed by atoms with E-state index in [0.29, 0.717) is 12.8 Å². The van der Waals surface area contributed by atoms with E-state index in [1.165, 1.54) is 5.56 Å². The molecule has 1 aliphatic heterocycles. The van der Waals surface area contributed by atoms with Crippen molar-refractivity contribution in [3.05, 3.63) is 42.0 Å². The van der Waals surface area contributed by atoms with Crippen LogP contribution < -0.4 is 0 Å². The summed E-state index contributed by atoms with van der Waals surface area (Å²) in [5.74, 6) is -0.0147. The van der Waals surface area contributed by atoms with Gasteiger partial charge in [-0.05, 0) is 12.0 Å². The molecule has 1 aromatic rings. The molecule has 1 aliphatic rings. The van der Waals surface area contributed by atoms with E-state index in [4.69, 9.17) is 10.5 Å². The summed E-state index contributed by atoms with van der Waals surface area (Å²) in [7, 11) is 0. The minimum atomic E-state index is -0.0147. The van der Waals surface area contributed by atoms with E-state index < -0.39 is 0 Å². The molecule has 0 unspecified atom stereocenters. The minimum Gasteiger partial charge on any atom is -0.299 e. The van der Waals surface area contributed by atoms with Gasteiger partial charge in [-0.25, -0.2) is 0 Å². The third kappa shape index (κ3) is 6.24. The van der Waals surface area contributed by atoms with Gasteiger partial charge in [0.1, 0.15) is 0 Å². The third-order valence-electron chi connectivity index (χ3n) is 4.20. The lowest BCUT2D eigenvalue weighted by atomic mass is 10.0. The quantitative estimate of drug-likeness (QED) is 0.777. The number of piperazine rings is 1. The lowest BCUT2D eigenvalue weighted by molar-refractivity contribution is 0.132. The second kappa shape index (κ2) is 9.79. The van der Waals surface area contributed by atoms with Crippen molar-refractivity contribution in [1.29, 1.82) is 10.5 Å². The Bertz CT molecular complexity index is 559. The largest absolute Gasteiger partial charge is 0.299 e. The Hall–Kier alpha value is -2.14. The Morgan fingerprint density at radius 1 is 1.04 bits per heavy atom. The molecule has 2 rings (SSSR count).